The van der Waals surface area contributed by atoms with Gasteiger partial charge in [0.2, 0.25) is 0 Å². The molecule has 0 aliphatic carbocycles. The lowest BCUT2D eigenvalue weighted by atomic mass is 9.81. The fourth-order valence-electron chi connectivity index (χ4n) is 10.3. The van der Waals surface area contributed by atoms with Gasteiger partial charge in [0.1, 0.15) is 25.1 Å². The molecule has 2 aromatic carbocycles. The van der Waals surface area contributed by atoms with Crippen LogP contribution in [-0.2, 0) is 53.7 Å². The van der Waals surface area contributed by atoms with Crippen molar-refractivity contribution in [2.45, 2.75) is 157 Å². The molecule has 0 spiro atoms. The van der Waals surface area contributed by atoms with Gasteiger partial charge in [-0.25, -0.2) is 0 Å². The van der Waals surface area contributed by atoms with Gasteiger partial charge in [0.05, 0.1) is 70.5 Å². The molecule has 1 heterocycles. The van der Waals surface area contributed by atoms with Crippen LogP contribution in [0.4, 0.5) is 0 Å². The maximum Gasteiger partial charge on any atom is 0.311 e. The van der Waals surface area contributed by atoms with Crippen LogP contribution in [0.5, 0.6) is 11.5 Å². The molecule has 0 unspecified atom stereocenters. The van der Waals surface area contributed by atoms with E-state index in [2.05, 4.69) is 105 Å². The average molecular weight is 1020 g/mol. The molecule has 0 bridgehead atoms. The lowest BCUT2D eigenvalue weighted by molar-refractivity contribution is -0.284. The lowest BCUT2D eigenvalue weighted by Gasteiger charge is -2.43. The van der Waals surface area contributed by atoms with Gasteiger partial charge >= 0.3 is 5.97 Å². The second-order valence-electron chi connectivity index (χ2n) is 20.0. The smallest absolute Gasteiger partial charge is 0.311 e. The quantitative estimate of drug-likeness (QED) is 0.0218. The van der Waals surface area contributed by atoms with E-state index in [1.807, 2.05) is 62.4 Å². The number of hydrogen-bond donors (Lipinski definition) is 0. The molecule has 0 aromatic heterocycles. The first-order valence-electron chi connectivity index (χ1n) is 26.3. The van der Waals surface area contributed by atoms with Gasteiger partial charge in [-0.05, 0) is 80.1 Å². The highest BCUT2D eigenvalue weighted by Crippen LogP contribution is 2.40. The summed E-state index contributed by atoms with van der Waals surface area (Å²) in [7, 11) is 5.98. The van der Waals surface area contributed by atoms with Crippen molar-refractivity contribution in [1.29, 1.82) is 0 Å². The number of carbonyl (C=O) groups excluding carboxylic acids is 1. The third kappa shape index (κ3) is 18.9. The Morgan fingerprint density at radius 1 is 0.722 bits per heavy atom. The predicted molar refractivity (Wildman–Crippen MR) is 290 cm³/mol. The molecule has 13 heteroatoms. The van der Waals surface area contributed by atoms with Crippen LogP contribution in [0.1, 0.15) is 106 Å². The lowest BCUT2D eigenvalue weighted by Crippen LogP contribution is -2.48. The average Bonchev–Trinajstić information content (AvgIpc) is 3.39. The van der Waals surface area contributed by atoms with Crippen LogP contribution in [0.3, 0.4) is 0 Å². The van der Waals surface area contributed by atoms with Gasteiger partial charge in [-0.3, -0.25) is 4.79 Å². The number of ether oxygens (including phenoxy) is 10. The van der Waals surface area contributed by atoms with Crippen molar-refractivity contribution in [3.8, 4) is 11.5 Å². The van der Waals surface area contributed by atoms with E-state index < -0.39 is 26.6 Å². The van der Waals surface area contributed by atoms with Crippen LogP contribution in [0.25, 0.3) is 0 Å². The zero-order chi connectivity index (χ0) is 53.4. The molecule has 3 rings (SSSR count). The first-order chi connectivity index (χ1) is 34.5. The van der Waals surface area contributed by atoms with E-state index in [0.29, 0.717) is 13.0 Å². The second-order valence-corrected chi connectivity index (χ2v) is 24.7. The van der Waals surface area contributed by atoms with Gasteiger partial charge in [0.25, 0.3) is 0 Å². The Bertz CT molecular complexity index is 1910. The van der Waals surface area contributed by atoms with Crippen molar-refractivity contribution >= 4 is 14.3 Å². The summed E-state index contributed by atoms with van der Waals surface area (Å²) in [6, 6.07) is 18.9. The zero-order valence-electron chi connectivity index (χ0n) is 46.9. The molecule has 0 saturated carbocycles. The monoisotopic (exact) mass is 1020 g/mol. The standard InChI is InChI=1S/C59H94O12Si/c1-18-22-23-41(6)56(71-72(19-2,20-3)21-4)46(11)55(66-37-48-25-30-50(63-15)31-26-48)44(9)35-40(5)34-43(8)54(68-39-62-14)42(7)24-29-52(67-38-61-13)36-53-45(10)57(47(12)58(60)65-17)70-59(69-53)49-27-32-51(64-16)33-28-49/h18,22-34,41-47,52-57,59H,1,19-21,35-39H2,2-17H3/b23-22+,29-24?,40-34+/t41-,42-,43-,44-,45-,46-,47+,52+,53-,54-,55+,56-,57-,59-/m0/s1. The Labute approximate surface area is 436 Å². The number of rotatable bonds is 34. The topological polar surface area (TPSA) is 119 Å². The molecular weight excluding hydrogens is 929 g/mol. The van der Waals surface area contributed by atoms with Gasteiger partial charge in [0.15, 0.2) is 14.6 Å². The first-order valence-corrected chi connectivity index (χ1v) is 28.8. The Morgan fingerprint density at radius 3 is 1.86 bits per heavy atom. The third-order valence-electron chi connectivity index (χ3n) is 14.8. The minimum Gasteiger partial charge on any atom is -0.497 e. The molecule has 0 radical (unpaired) electrons. The molecule has 1 fully saturated rings. The summed E-state index contributed by atoms with van der Waals surface area (Å²) in [4.78, 5) is 12.9. The van der Waals surface area contributed by atoms with Gasteiger partial charge in [-0.15, -0.1) is 0 Å². The Balaban J connectivity index is 1.94. The number of benzene rings is 2. The van der Waals surface area contributed by atoms with E-state index >= 15 is 0 Å². The highest BCUT2D eigenvalue weighted by Gasteiger charge is 2.44. The van der Waals surface area contributed by atoms with Gasteiger partial charge in [-0.1, -0.05) is 135 Å². The van der Waals surface area contributed by atoms with Crippen molar-refractivity contribution in [2.75, 3.05) is 49.1 Å². The Hall–Kier alpha value is -3.63. The molecule has 0 N–H and O–H groups in total. The van der Waals surface area contributed by atoms with Crippen LogP contribution in [0, 0.1) is 41.4 Å². The van der Waals surface area contributed by atoms with Crippen molar-refractivity contribution in [3.05, 3.63) is 108 Å². The summed E-state index contributed by atoms with van der Waals surface area (Å²) in [5.74, 6) is 0.895. The molecule has 0 amide bonds. The highest BCUT2D eigenvalue weighted by molar-refractivity contribution is 6.73. The molecule has 72 heavy (non-hydrogen) atoms. The normalized spacial score (nSPS) is 22.1. The van der Waals surface area contributed by atoms with Crippen molar-refractivity contribution < 1.29 is 56.6 Å². The molecule has 406 valence electrons. The van der Waals surface area contributed by atoms with Gasteiger partial charge < -0.3 is 51.8 Å². The van der Waals surface area contributed by atoms with Crippen LogP contribution < -0.4 is 9.47 Å². The summed E-state index contributed by atoms with van der Waals surface area (Å²) < 4.78 is 67.3. The van der Waals surface area contributed by atoms with E-state index in [0.717, 1.165) is 47.2 Å². The maximum atomic E-state index is 12.9. The van der Waals surface area contributed by atoms with Crippen LogP contribution in [-0.4, -0.2) is 100 Å². The Morgan fingerprint density at radius 2 is 1.31 bits per heavy atom. The number of hydrogen-bond acceptors (Lipinski definition) is 12. The van der Waals surface area contributed by atoms with E-state index in [9.17, 15) is 4.79 Å². The van der Waals surface area contributed by atoms with E-state index in [-0.39, 0.29) is 85.6 Å². The SMILES string of the molecule is C=C/C=C/[C@H](C)[C@H](O[Si](CC)(CC)CC)[C@@H](C)[C@H](OCc1ccc(OC)cc1)[C@@H](C)C/C(C)=C/[C@H](C)[C@@H](OCOC)[C@@H](C)C=C[C@H](C[C@@H]1O[C@H](c2ccc(OC)cc2)O[C@H]([C@@H](C)C(=O)OC)[C@H]1C)OCOC. The van der Waals surface area contributed by atoms with Crippen molar-refractivity contribution in [1.82, 2.24) is 0 Å². The minimum absolute atomic E-state index is 0.0246. The number of allylic oxidation sites excluding steroid dienone is 3. The van der Waals surface area contributed by atoms with Gasteiger partial charge in [0, 0.05) is 49.9 Å². The van der Waals surface area contributed by atoms with Crippen molar-refractivity contribution in [2.24, 2.45) is 41.4 Å². The van der Waals surface area contributed by atoms with Crippen LogP contribution in [0.15, 0.2) is 97.1 Å². The molecule has 1 aliphatic rings. The fourth-order valence-corrected chi connectivity index (χ4v) is 13.3. The van der Waals surface area contributed by atoms with Crippen molar-refractivity contribution in [3.63, 3.8) is 0 Å². The molecule has 2 aromatic rings. The summed E-state index contributed by atoms with van der Waals surface area (Å²) in [6.07, 6.45) is 11.7. The zero-order valence-corrected chi connectivity index (χ0v) is 47.9. The summed E-state index contributed by atoms with van der Waals surface area (Å²) >= 11 is 0. The molecule has 14 atom stereocenters. The van der Waals surface area contributed by atoms with E-state index in [1.165, 1.54) is 12.7 Å². The highest BCUT2D eigenvalue weighted by atomic mass is 28.4. The molecular formula is C59H94O12Si. The molecule has 1 aliphatic heterocycles. The van der Waals surface area contributed by atoms with Crippen LogP contribution >= 0.6 is 0 Å². The number of carbonyl (C=O) groups is 1. The molecule has 1 saturated heterocycles. The summed E-state index contributed by atoms with van der Waals surface area (Å²) in [5, 5.41) is 0. The largest absolute Gasteiger partial charge is 0.497 e. The van der Waals surface area contributed by atoms with Crippen LogP contribution in [0.2, 0.25) is 18.1 Å². The van der Waals surface area contributed by atoms with E-state index in [1.54, 1.807) is 28.4 Å². The maximum absolute atomic E-state index is 12.9. The third-order valence-corrected chi connectivity index (χ3v) is 19.5. The minimum atomic E-state index is -1.99. The second kappa shape index (κ2) is 32.6. The number of esters is 1. The summed E-state index contributed by atoms with van der Waals surface area (Å²) in [6.45, 7) is 28.9. The number of methoxy groups -OCH3 is 5. The van der Waals surface area contributed by atoms with Gasteiger partial charge in [-0.2, -0.15) is 0 Å². The first kappa shape index (κ1) is 62.7. The fraction of sp³-hybridized carbons (Fsp3) is 0.644. The molecule has 12 nitrogen and oxygen atoms in total. The Kier molecular flexibility index (Phi) is 28.4. The van der Waals surface area contributed by atoms with E-state index in [4.69, 9.17) is 51.8 Å². The predicted octanol–water partition coefficient (Wildman–Crippen LogP) is 13.1. The summed E-state index contributed by atoms with van der Waals surface area (Å²) in [5.41, 5.74) is 3.17.